The molecule has 0 aromatic heterocycles. The van der Waals surface area contributed by atoms with Gasteiger partial charge < -0.3 is 5.32 Å². The van der Waals surface area contributed by atoms with Gasteiger partial charge >= 0.3 is 6.03 Å². The van der Waals surface area contributed by atoms with Gasteiger partial charge in [0, 0.05) is 5.56 Å². The molecule has 3 amide bonds. The number of hydrogen-bond acceptors (Lipinski definition) is 3. The number of nitrogens with one attached hydrogen (secondary N) is 1. The van der Waals surface area contributed by atoms with Crippen LogP contribution >= 0.6 is 0 Å². The summed E-state index contributed by atoms with van der Waals surface area (Å²) in [6, 6.07) is 12.9. The van der Waals surface area contributed by atoms with Crippen LogP contribution in [0.1, 0.15) is 41.2 Å². The van der Waals surface area contributed by atoms with Crippen LogP contribution in [-0.2, 0) is 10.3 Å². The smallest absolute Gasteiger partial charge is 0.318 e. The molecule has 5 heteroatoms. The van der Waals surface area contributed by atoms with Crippen molar-refractivity contribution in [2.75, 3.05) is 0 Å². The third-order valence-corrected chi connectivity index (χ3v) is 4.91. The highest BCUT2D eigenvalue weighted by Crippen LogP contribution is 2.32. The standard InChI is InChI=1S/C21H23N3O2/c1-5-21(17-9-7-6-8-10-17)19(25)24(20(26)23-21)22-13-18-15(3)11-14(2)12-16(18)4/h6-13H,5H2,1-4H3,(H,23,26)/t21-/m1/s1. The molecule has 0 spiro atoms. The third-order valence-electron chi connectivity index (χ3n) is 4.91. The SMILES string of the molecule is CC[C@]1(c2ccccc2)NC(=O)N(N=Cc2c(C)cc(C)cc2C)C1=O. The highest BCUT2D eigenvalue weighted by Gasteiger charge is 2.51. The number of urea groups is 1. The Balaban J connectivity index is 1.95. The van der Waals surface area contributed by atoms with E-state index in [0.717, 1.165) is 27.3 Å². The van der Waals surface area contributed by atoms with Gasteiger partial charge in [-0.2, -0.15) is 5.10 Å². The van der Waals surface area contributed by atoms with E-state index in [1.165, 1.54) is 5.56 Å². The van der Waals surface area contributed by atoms with Gasteiger partial charge in [0.15, 0.2) is 0 Å². The summed E-state index contributed by atoms with van der Waals surface area (Å²) in [7, 11) is 0. The lowest BCUT2D eigenvalue weighted by atomic mass is 9.87. The molecule has 26 heavy (non-hydrogen) atoms. The van der Waals surface area contributed by atoms with Crippen LogP contribution in [0.25, 0.3) is 0 Å². The van der Waals surface area contributed by atoms with Gasteiger partial charge in [-0.15, -0.1) is 5.01 Å². The number of aryl methyl sites for hydroxylation is 3. The molecule has 5 nitrogen and oxygen atoms in total. The second-order valence-electron chi connectivity index (χ2n) is 6.73. The Bertz CT molecular complexity index is 866. The monoisotopic (exact) mass is 349 g/mol. The minimum Gasteiger partial charge on any atom is -0.318 e. The highest BCUT2D eigenvalue weighted by atomic mass is 16.2. The molecule has 0 aliphatic carbocycles. The summed E-state index contributed by atoms with van der Waals surface area (Å²) in [4.78, 5) is 25.5. The van der Waals surface area contributed by atoms with Gasteiger partial charge in [-0.3, -0.25) is 4.79 Å². The molecule has 0 unspecified atom stereocenters. The molecule has 1 fully saturated rings. The number of rotatable bonds is 4. The Morgan fingerprint density at radius 3 is 2.27 bits per heavy atom. The van der Waals surface area contributed by atoms with Crippen LogP contribution in [0.2, 0.25) is 0 Å². The van der Waals surface area contributed by atoms with E-state index >= 15 is 0 Å². The van der Waals surface area contributed by atoms with Gasteiger partial charge in [0.05, 0.1) is 6.21 Å². The lowest BCUT2D eigenvalue weighted by molar-refractivity contribution is -0.131. The molecule has 1 saturated heterocycles. The Labute approximate surface area is 153 Å². The fraction of sp³-hybridized carbons (Fsp3) is 0.286. The zero-order valence-corrected chi connectivity index (χ0v) is 15.5. The van der Waals surface area contributed by atoms with Crippen molar-refractivity contribution in [2.24, 2.45) is 5.10 Å². The Morgan fingerprint density at radius 2 is 1.69 bits per heavy atom. The van der Waals surface area contributed by atoms with Crippen LogP contribution in [0.3, 0.4) is 0 Å². The number of carbonyl (C=O) groups is 2. The summed E-state index contributed by atoms with van der Waals surface area (Å²) in [5.74, 6) is -0.352. The molecule has 0 bridgehead atoms. The third kappa shape index (κ3) is 2.90. The number of amides is 3. The fourth-order valence-corrected chi connectivity index (χ4v) is 3.54. The summed E-state index contributed by atoms with van der Waals surface area (Å²) >= 11 is 0. The average Bonchev–Trinajstić information content (AvgIpc) is 2.86. The largest absolute Gasteiger partial charge is 0.346 e. The van der Waals surface area contributed by atoms with Crippen LogP contribution in [-0.4, -0.2) is 23.2 Å². The number of hydrazone groups is 1. The average molecular weight is 349 g/mol. The van der Waals surface area contributed by atoms with Crippen molar-refractivity contribution in [3.8, 4) is 0 Å². The number of imide groups is 1. The van der Waals surface area contributed by atoms with Crippen molar-refractivity contribution in [3.05, 3.63) is 70.3 Å². The number of carbonyl (C=O) groups excluding carboxylic acids is 2. The van der Waals surface area contributed by atoms with E-state index < -0.39 is 11.6 Å². The second-order valence-corrected chi connectivity index (χ2v) is 6.73. The first-order valence-electron chi connectivity index (χ1n) is 8.73. The van der Waals surface area contributed by atoms with Crippen LogP contribution in [0.5, 0.6) is 0 Å². The summed E-state index contributed by atoms with van der Waals surface area (Å²) in [5, 5.41) is 7.99. The Morgan fingerprint density at radius 1 is 1.08 bits per heavy atom. The van der Waals surface area contributed by atoms with E-state index in [1.54, 1.807) is 6.21 Å². The molecular weight excluding hydrogens is 326 g/mol. The van der Waals surface area contributed by atoms with Crippen molar-refractivity contribution in [3.63, 3.8) is 0 Å². The summed E-state index contributed by atoms with van der Waals surface area (Å²) < 4.78 is 0. The quantitative estimate of drug-likeness (QED) is 0.674. The van der Waals surface area contributed by atoms with Gasteiger partial charge in [0.2, 0.25) is 0 Å². The lowest BCUT2D eigenvalue weighted by Gasteiger charge is -2.24. The molecule has 2 aromatic carbocycles. The van der Waals surface area contributed by atoms with Gasteiger partial charge in [-0.25, -0.2) is 4.79 Å². The molecule has 2 aromatic rings. The maximum absolute atomic E-state index is 13.0. The second kappa shape index (κ2) is 6.75. The molecule has 134 valence electrons. The lowest BCUT2D eigenvalue weighted by Crippen LogP contribution is -2.43. The predicted molar refractivity (Wildman–Crippen MR) is 102 cm³/mol. The van der Waals surface area contributed by atoms with E-state index in [4.69, 9.17) is 0 Å². The zero-order chi connectivity index (χ0) is 18.9. The minimum atomic E-state index is -1.06. The number of hydrogen-bond donors (Lipinski definition) is 1. The van der Waals surface area contributed by atoms with Crippen LogP contribution < -0.4 is 5.32 Å². The summed E-state index contributed by atoms with van der Waals surface area (Å²) in [6.45, 7) is 7.90. The van der Waals surface area contributed by atoms with E-state index in [2.05, 4.69) is 22.6 Å². The van der Waals surface area contributed by atoms with Crippen molar-refractivity contribution in [1.29, 1.82) is 0 Å². The highest BCUT2D eigenvalue weighted by molar-refractivity contribution is 6.07. The van der Waals surface area contributed by atoms with E-state index in [0.29, 0.717) is 6.42 Å². The van der Waals surface area contributed by atoms with Crippen molar-refractivity contribution >= 4 is 18.2 Å². The molecule has 1 N–H and O–H groups in total. The van der Waals surface area contributed by atoms with Crippen molar-refractivity contribution in [1.82, 2.24) is 10.3 Å². The maximum Gasteiger partial charge on any atom is 0.346 e. The Hall–Kier alpha value is -2.95. The normalized spacial score (nSPS) is 20.1. The minimum absolute atomic E-state index is 0.352. The van der Waals surface area contributed by atoms with Crippen LogP contribution in [0, 0.1) is 20.8 Å². The molecule has 1 aliphatic heterocycles. The molecule has 1 heterocycles. The number of benzene rings is 2. The molecule has 0 saturated carbocycles. The molecular formula is C21H23N3O2. The fourth-order valence-electron chi connectivity index (χ4n) is 3.54. The van der Waals surface area contributed by atoms with Gasteiger partial charge in [-0.05, 0) is 43.9 Å². The predicted octanol–water partition coefficient (Wildman–Crippen LogP) is 3.80. The van der Waals surface area contributed by atoms with E-state index in [1.807, 2.05) is 58.0 Å². The van der Waals surface area contributed by atoms with Crippen LogP contribution in [0.4, 0.5) is 4.79 Å². The Kier molecular flexibility index (Phi) is 4.64. The first kappa shape index (κ1) is 17.9. The maximum atomic E-state index is 13.0. The van der Waals surface area contributed by atoms with E-state index in [-0.39, 0.29) is 5.91 Å². The summed E-state index contributed by atoms with van der Waals surface area (Å²) in [5.41, 5.74) is 3.91. The summed E-state index contributed by atoms with van der Waals surface area (Å²) in [6.07, 6.45) is 2.05. The van der Waals surface area contributed by atoms with Gasteiger partial charge in [-0.1, -0.05) is 55.0 Å². The topological polar surface area (TPSA) is 61.8 Å². The number of nitrogens with zero attached hydrogens (tertiary/aromatic N) is 2. The van der Waals surface area contributed by atoms with E-state index in [9.17, 15) is 9.59 Å². The first-order valence-corrected chi connectivity index (χ1v) is 8.73. The zero-order valence-electron chi connectivity index (χ0n) is 15.5. The van der Waals surface area contributed by atoms with Crippen molar-refractivity contribution < 1.29 is 9.59 Å². The van der Waals surface area contributed by atoms with Crippen molar-refractivity contribution in [2.45, 2.75) is 39.7 Å². The van der Waals surface area contributed by atoms with Crippen LogP contribution in [0.15, 0.2) is 47.6 Å². The first-order chi connectivity index (χ1) is 12.4. The molecule has 3 rings (SSSR count). The molecule has 1 aliphatic rings. The van der Waals surface area contributed by atoms with Gasteiger partial charge in [0.25, 0.3) is 5.91 Å². The molecule has 1 atom stereocenters. The van der Waals surface area contributed by atoms with Gasteiger partial charge in [0.1, 0.15) is 5.54 Å². The molecule has 0 radical (unpaired) electrons.